The van der Waals surface area contributed by atoms with Crippen LogP contribution < -0.4 is 10.6 Å². The number of H-pyrrole nitrogens is 1. The Balaban J connectivity index is 1.64. The van der Waals surface area contributed by atoms with Gasteiger partial charge in [-0.05, 0) is 50.8 Å². The van der Waals surface area contributed by atoms with Crippen LogP contribution in [0, 0.1) is 0 Å². The minimum absolute atomic E-state index is 0.218. The van der Waals surface area contributed by atoms with Crippen LogP contribution in [0.15, 0.2) is 60.1 Å². The van der Waals surface area contributed by atoms with Gasteiger partial charge in [0, 0.05) is 55.0 Å². The second-order valence-corrected chi connectivity index (χ2v) is 9.06. The van der Waals surface area contributed by atoms with E-state index in [0.29, 0.717) is 33.2 Å². The molecular formula is C26H29ClN8O. The molecule has 0 saturated heterocycles. The summed E-state index contributed by atoms with van der Waals surface area (Å²) in [6.45, 7) is 3.50. The number of hydrogen-bond acceptors (Lipinski definition) is 7. The monoisotopic (exact) mass is 504 g/mol. The summed E-state index contributed by atoms with van der Waals surface area (Å²) in [6.07, 6.45) is 6.71. The van der Waals surface area contributed by atoms with E-state index < -0.39 is 0 Å². The molecular weight excluding hydrogens is 476 g/mol. The highest BCUT2D eigenvalue weighted by atomic mass is 35.5. The van der Waals surface area contributed by atoms with E-state index in [1.54, 1.807) is 31.8 Å². The number of aliphatic imine (C=N–C) groups is 1. The molecule has 0 aliphatic rings. The van der Waals surface area contributed by atoms with Crippen molar-refractivity contribution in [2.75, 3.05) is 39.5 Å². The first-order valence-electron chi connectivity index (χ1n) is 11.6. The molecule has 1 amide bonds. The Kier molecular flexibility index (Phi) is 7.92. The molecule has 0 aliphatic carbocycles. The lowest BCUT2D eigenvalue weighted by Crippen LogP contribution is -2.26. The molecule has 186 valence electrons. The number of amides is 1. The lowest BCUT2D eigenvalue weighted by atomic mass is 10.0. The van der Waals surface area contributed by atoms with Crippen LogP contribution in [0.5, 0.6) is 0 Å². The van der Waals surface area contributed by atoms with Crippen molar-refractivity contribution in [3.8, 4) is 0 Å². The van der Waals surface area contributed by atoms with Crippen molar-refractivity contribution in [2.45, 2.75) is 13.0 Å². The first-order valence-corrected chi connectivity index (χ1v) is 12.0. The average molecular weight is 505 g/mol. The van der Waals surface area contributed by atoms with Crippen LogP contribution in [0.3, 0.4) is 0 Å². The minimum atomic E-state index is -0.253. The Labute approximate surface area is 215 Å². The zero-order chi connectivity index (χ0) is 25.7. The van der Waals surface area contributed by atoms with Crippen molar-refractivity contribution >= 4 is 40.1 Å². The zero-order valence-corrected chi connectivity index (χ0v) is 21.5. The van der Waals surface area contributed by atoms with E-state index in [1.165, 1.54) is 0 Å². The standard InChI is InChI=1S/C26H29ClN8O/c1-16(17-6-5-9-29-13-17)33-26(36)20-14-31-25-24(20)34-22(15-32-25)23(28-2)19-8-7-18(27)12-21(19)30-10-11-35(3)4/h5-9,12-16,30H,10-11H2,1-4H3,(H,31,32)(H,33,36). The largest absolute Gasteiger partial charge is 0.383 e. The number of carbonyl (C=O) groups excluding carboxylic acids is 1. The Bertz CT molecular complexity index is 1380. The summed E-state index contributed by atoms with van der Waals surface area (Å²) in [7, 11) is 5.75. The number of rotatable bonds is 9. The number of carbonyl (C=O) groups is 1. The van der Waals surface area contributed by atoms with Crippen molar-refractivity contribution in [1.29, 1.82) is 0 Å². The molecule has 4 aromatic rings. The summed E-state index contributed by atoms with van der Waals surface area (Å²) < 4.78 is 0. The molecule has 0 radical (unpaired) electrons. The van der Waals surface area contributed by atoms with Crippen LogP contribution in [-0.4, -0.2) is 70.7 Å². The zero-order valence-electron chi connectivity index (χ0n) is 20.7. The van der Waals surface area contributed by atoms with Crippen LogP contribution in [0.1, 0.15) is 40.1 Å². The number of halogens is 1. The summed E-state index contributed by atoms with van der Waals surface area (Å²) in [6, 6.07) is 9.15. The molecule has 1 aromatic carbocycles. The third kappa shape index (κ3) is 5.69. The Morgan fingerprint density at radius 1 is 1.22 bits per heavy atom. The maximum absolute atomic E-state index is 13.1. The maximum atomic E-state index is 13.1. The molecule has 1 unspecified atom stereocenters. The van der Waals surface area contributed by atoms with Gasteiger partial charge in [-0.1, -0.05) is 17.7 Å². The quantitative estimate of drug-likeness (QED) is 0.298. The molecule has 0 bridgehead atoms. The van der Waals surface area contributed by atoms with Crippen LogP contribution in [0.2, 0.25) is 5.02 Å². The van der Waals surface area contributed by atoms with Crippen molar-refractivity contribution < 1.29 is 4.79 Å². The Hall–Kier alpha value is -3.82. The molecule has 0 saturated carbocycles. The number of aromatic amines is 1. The van der Waals surface area contributed by atoms with E-state index in [9.17, 15) is 4.79 Å². The van der Waals surface area contributed by atoms with Gasteiger partial charge in [0.05, 0.1) is 23.5 Å². The third-order valence-corrected chi connectivity index (χ3v) is 5.97. The minimum Gasteiger partial charge on any atom is -0.383 e. The fraction of sp³-hybridized carbons (Fsp3) is 0.269. The van der Waals surface area contributed by atoms with Gasteiger partial charge >= 0.3 is 0 Å². The molecule has 36 heavy (non-hydrogen) atoms. The second-order valence-electron chi connectivity index (χ2n) is 8.63. The van der Waals surface area contributed by atoms with Gasteiger partial charge in [-0.2, -0.15) is 0 Å². The lowest BCUT2D eigenvalue weighted by Gasteiger charge is -2.16. The molecule has 3 N–H and O–H groups in total. The number of pyridine rings is 1. The highest BCUT2D eigenvalue weighted by molar-refractivity contribution is 6.31. The lowest BCUT2D eigenvalue weighted by molar-refractivity contribution is 0.0941. The van der Waals surface area contributed by atoms with Gasteiger partial charge in [0.1, 0.15) is 11.2 Å². The third-order valence-electron chi connectivity index (χ3n) is 5.73. The highest BCUT2D eigenvalue weighted by Crippen LogP contribution is 2.25. The molecule has 1 atom stereocenters. The average Bonchev–Trinajstić information content (AvgIpc) is 3.29. The van der Waals surface area contributed by atoms with E-state index in [2.05, 4.69) is 35.5 Å². The molecule has 9 nitrogen and oxygen atoms in total. The molecule has 4 rings (SSSR count). The number of aromatic nitrogens is 4. The topological polar surface area (TPSA) is 111 Å². The number of nitrogens with one attached hydrogen (secondary N) is 3. The molecule has 0 spiro atoms. The number of hydrogen-bond donors (Lipinski definition) is 3. The van der Waals surface area contributed by atoms with Crippen molar-refractivity contribution in [1.82, 2.24) is 30.2 Å². The first kappa shape index (κ1) is 25.3. The molecule has 10 heteroatoms. The van der Waals surface area contributed by atoms with E-state index in [-0.39, 0.29) is 11.9 Å². The fourth-order valence-electron chi connectivity index (χ4n) is 3.82. The molecule has 3 heterocycles. The fourth-order valence-corrected chi connectivity index (χ4v) is 4.00. The van der Waals surface area contributed by atoms with Gasteiger partial charge < -0.3 is 20.5 Å². The Morgan fingerprint density at radius 3 is 2.78 bits per heavy atom. The van der Waals surface area contributed by atoms with Crippen LogP contribution in [-0.2, 0) is 0 Å². The predicted octanol–water partition coefficient (Wildman–Crippen LogP) is 3.94. The molecule has 0 aliphatic heterocycles. The predicted molar refractivity (Wildman–Crippen MR) is 144 cm³/mol. The van der Waals surface area contributed by atoms with Crippen LogP contribution >= 0.6 is 11.6 Å². The second kappa shape index (κ2) is 11.3. The van der Waals surface area contributed by atoms with Crippen molar-refractivity contribution in [3.05, 3.63) is 82.5 Å². The summed E-state index contributed by atoms with van der Waals surface area (Å²) in [5.74, 6) is -0.253. The highest BCUT2D eigenvalue weighted by Gasteiger charge is 2.20. The maximum Gasteiger partial charge on any atom is 0.255 e. The normalized spacial score (nSPS) is 12.7. The van der Waals surface area contributed by atoms with Gasteiger partial charge in [0.2, 0.25) is 0 Å². The van der Waals surface area contributed by atoms with Gasteiger partial charge in [-0.3, -0.25) is 14.8 Å². The number of likely N-dealkylation sites (N-methyl/N-ethyl adjacent to an activating group) is 1. The summed E-state index contributed by atoms with van der Waals surface area (Å²) in [4.78, 5) is 36.2. The number of anilines is 1. The first-order chi connectivity index (χ1) is 17.4. The molecule has 0 fully saturated rings. The van der Waals surface area contributed by atoms with Gasteiger partial charge in [-0.25, -0.2) is 9.97 Å². The van der Waals surface area contributed by atoms with Gasteiger partial charge in [0.15, 0.2) is 5.65 Å². The SMILES string of the molecule is CN=C(c1cnc2[nH]cc(C(=O)NC(C)c3cccnc3)c2n1)c1ccc(Cl)cc1NCCN(C)C. The van der Waals surface area contributed by atoms with E-state index in [4.69, 9.17) is 16.6 Å². The van der Waals surface area contributed by atoms with Gasteiger partial charge in [0.25, 0.3) is 5.91 Å². The van der Waals surface area contributed by atoms with E-state index >= 15 is 0 Å². The summed E-state index contributed by atoms with van der Waals surface area (Å²) >= 11 is 6.29. The number of fused-ring (bicyclic) bond motifs is 1. The van der Waals surface area contributed by atoms with Crippen LogP contribution in [0.25, 0.3) is 11.2 Å². The smallest absolute Gasteiger partial charge is 0.255 e. The summed E-state index contributed by atoms with van der Waals surface area (Å²) in [5.41, 5.74) is 5.21. The number of benzene rings is 1. The summed E-state index contributed by atoms with van der Waals surface area (Å²) in [5, 5.41) is 7.07. The van der Waals surface area contributed by atoms with E-state index in [1.807, 2.05) is 51.4 Å². The van der Waals surface area contributed by atoms with Crippen molar-refractivity contribution in [2.24, 2.45) is 4.99 Å². The van der Waals surface area contributed by atoms with Crippen LogP contribution in [0.4, 0.5) is 5.69 Å². The van der Waals surface area contributed by atoms with Gasteiger partial charge in [-0.15, -0.1) is 0 Å². The van der Waals surface area contributed by atoms with E-state index in [0.717, 1.165) is 29.9 Å². The molecule has 3 aromatic heterocycles. The Morgan fingerprint density at radius 2 is 2.06 bits per heavy atom. The van der Waals surface area contributed by atoms with Crippen molar-refractivity contribution in [3.63, 3.8) is 0 Å². The number of nitrogens with zero attached hydrogens (tertiary/aromatic N) is 5.